The molecule has 0 aromatic carbocycles. The third-order valence-corrected chi connectivity index (χ3v) is 1.99. The van der Waals surface area contributed by atoms with Gasteiger partial charge in [-0.2, -0.15) is 5.10 Å². The first-order valence-corrected chi connectivity index (χ1v) is 4.43. The van der Waals surface area contributed by atoms with Gasteiger partial charge in [0.2, 0.25) is 5.88 Å². The van der Waals surface area contributed by atoms with Gasteiger partial charge in [0.25, 0.3) is 0 Å². The Morgan fingerprint density at radius 2 is 2.27 bits per heavy atom. The molecule has 5 heteroatoms. The first-order chi connectivity index (χ1) is 7.20. The van der Waals surface area contributed by atoms with E-state index in [4.69, 9.17) is 4.74 Å². The molecule has 0 radical (unpaired) electrons. The molecule has 0 aliphatic carbocycles. The molecule has 2 rings (SSSR count). The maximum Gasteiger partial charge on any atom is 0.215 e. The van der Waals surface area contributed by atoms with Gasteiger partial charge in [-0.25, -0.2) is 14.1 Å². The van der Waals surface area contributed by atoms with Crippen molar-refractivity contribution >= 4 is 0 Å². The zero-order chi connectivity index (χ0) is 10.8. The van der Waals surface area contributed by atoms with Gasteiger partial charge in [0.05, 0.1) is 19.0 Å². The highest BCUT2D eigenvalue weighted by atomic mass is 19.1. The first kappa shape index (κ1) is 9.64. The summed E-state index contributed by atoms with van der Waals surface area (Å²) in [5.74, 6) is -0.0709. The van der Waals surface area contributed by atoms with E-state index in [0.29, 0.717) is 11.6 Å². The number of aromatic nitrogens is 3. The Kier molecular flexibility index (Phi) is 2.37. The quantitative estimate of drug-likeness (QED) is 0.752. The third kappa shape index (κ3) is 1.81. The van der Waals surface area contributed by atoms with Crippen LogP contribution in [-0.4, -0.2) is 21.9 Å². The van der Waals surface area contributed by atoms with Crippen LogP contribution < -0.4 is 4.74 Å². The molecule has 0 saturated carbocycles. The number of hydrogen-bond acceptors (Lipinski definition) is 3. The summed E-state index contributed by atoms with van der Waals surface area (Å²) in [5, 5.41) is 4.11. The number of ether oxygens (including phenoxy) is 1. The van der Waals surface area contributed by atoms with Crippen LogP contribution in [0, 0.1) is 12.7 Å². The maximum atomic E-state index is 13.4. The van der Waals surface area contributed by atoms with Gasteiger partial charge in [-0.05, 0) is 13.0 Å². The standard InChI is InChI=1S/C10H10FN3O/c1-7-3-4-14(13-7)9-5-10(15-2)12-6-8(9)11/h3-6H,1-2H3. The monoisotopic (exact) mass is 207 g/mol. The van der Waals surface area contributed by atoms with Crippen molar-refractivity contribution < 1.29 is 9.13 Å². The molecule has 0 bridgehead atoms. The van der Waals surface area contributed by atoms with Gasteiger partial charge < -0.3 is 4.74 Å². The Hall–Kier alpha value is -1.91. The maximum absolute atomic E-state index is 13.4. The highest BCUT2D eigenvalue weighted by Gasteiger charge is 2.07. The van der Waals surface area contributed by atoms with Crippen molar-refractivity contribution in [2.24, 2.45) is 0 Å². The van der Waals surface area contributed by atoms with E-state index in [-0.39, 0.29) is 0 Å². The minimum Gasteiger partial charge on any atom is -0.481 e. The van der Waals surface area contributed by atoms with Crippen molar-refractivity contribution in [3.05, 3.63) is 36.0 Å². The predicted octanol–water partition coefficient (Wildman–Crippen LogP) is 1.72. The fraction of sp³-hybridized carbons (Fsp3) is 0.200. The van der Waals surface area contributed by atoms with E-state index in [2.05, 4.69) is 10.1 Å². The molecule has 2 aromatic heterocycles. The number of methoxy groups -OCH3 is 1. The average Bonchev–Trinajstić information content (AvgIpc) is 2.65. The Labute approximate surface area is 86.3 Å². The highest BCUT2D eigenvalue weighted by Crippen LogP contribution is 2.16. The van der Waals surface area contributed by atoms with Crippen molar-refractivity contribution in [2.75, 3.05) is 7.11 Å². The second kappa shape index (κ2) is 3.68. The lowest BCUT2D eigenvalue weighted by atomic mass is 10.4. The van der Waals surface area contributed by atoms with Crippen molar-refractivity contribution in [3.63, 3.8) is 0 Å². The molecule has 0 amide bonds. The topological polar surface area (TPSA) is 39.9 Å². The number of aryl methyl sites for hydroxylation is 1. The molecule has 0 fully saturated rings. The molecule has 0 unspecified atom stereocenters. The van der Waals surface area contributed by atoms with Crippen molar-refractivity contribution in [2.45, 2.75) is 6.92 Å². The third-order valence-electron chi connectivity index (χ3n) is 1.99. The molecular formula is C10H10FN3O. The van der Waals surface area contributed by atoms with E-state index >= 15 is 0 Å². The van der Waals surface area contributed by atoms with Gasteiger partial charge in [0, 0.05) is 12.3 Å². The minimum atomic E-state index is -0.432. The van der Waals surface area contributed by atoms with Gasteiger partial charge in [-0.3, -0.25) is 0 Å². The molecule has 0 atom stereocenters. The summed E-state index contributed by atoms with van der Waals surface area (Å²) >= 11 is 0. The molecular weight excluding hydrogens is 197 g/mol. The van der Waals surface area contributed by atoms with Crippen molar-refractivity contribution in [1.82, 2.24) is 14.8 Å². The number of halogens is 1. The molecule has 15 heavy (non-hydrogen) atoms. The van der Waals surface area contributed by atoms with Crippen LogP contribution in [0.3, 0.4) is 0 Å². The van der Waals surface area contributed by atoms with Crippen LogP contribution in [0.2, 0.25) is 0 Å². The van der Waals surface area contributed by atoms with Crippen LogP contribution in [0.1, 0.15) is 5.69 Å². The SMILES string of the molecule is COc1cc(-n2ccc(C)n2)c(F)cn1. The van der Waals surface area contributed by atoms with Crippen LogP contribution in [0.4, 0.5) is 4.39 Å². The van der Waals surface area contributed by atoms with E-state index in [1.54, 1.807) is 12.3 Å². The highest BCUT2D eigenvalue weighted by molar-refractivity contribution is 5.35. The van der Waals surface area contributed by atoms with Gasteiger partial charge in [0.15, 0.2) is 5.82 Å². The largest absolute Gasteiger partial charge is 0.481 e. The summed E-state index contributed by atoms with van der Waals surface area (Å²) < 4.78 is 19.8. The summed E-state index contributed by atoms with van der Waals surface area (Å²) in [7, 11) is 1.48. The minimum absolute atomic E-state index is 0.329. The Bertz CT molecular complexity index is 481. The first-order valence-electron chi connectivity index (χ1n) is 4.43. The van der Waals surface area contributed by atoms with E-state index < -0.39 is 5.82 Å². The molecule has 0 saturated heterocycles. The number of rotatable bonds is 2. The smallest absolute Gasteiger partial charge is 0.215 e. The van der Waals surface area contributed by atoms with Crippen LogP contribution >= 0.6 is 0 Å². The lowest BCUT2D eigenvalue weighted by molar-refractivity contribution is 0.395. The molecule has 2 heterocycles. The molecule has 0 aliphatic rings. The Morgan fingerprint density at radius 3 is 2.87 bits per heavy atom. The van der Waals surface area contributed by atoms with Crippen LogP contribution in [0.15, 0.2) is 24.5 Å². The molecule has 0 spiro atoms. The second-order valence-corrected chi connectivity index (χ2v) is 3.08. The van der Waals surface area contributed by atoms with E-state index in [1.807, 2.05) is 6.92 Å². The number of hydrogen-bond donors (Lipinski definition) is 0. The van der Waals surface area contributed by atoms with Crippen LogP contribution in [0.5, 0.6) is 5.88 Å². The Balaban J connectivity index is 2.51. The van der Waals surface area contributed by atoms with Crippen LogP contribution in [-0.2, 0) is 0 Å². The fourth-order valence-corrected chi connectivity index (χ4v) is 1.25. The Morgan fingerprint density at radius 1 is 1.47 bits per heavy atom. The summed E-state index contributed by atoms with van der Waals surface area (Å²) in [5.41, 5.74) is 1.15. The van der Waals surface area contributed by atoms with Gasteiger partial charge in [0.1, 0.15) is 5.69 Å². The van der Waals surface area contributed by atoms with Crippen molar-refractivity contribution in [3.8, 4) is 11.6 Å². The number of pyridine rings is 1. The molecule has 0 N–H and O–H groups in total. The van der Waals surface area contributed by atoms with Gasteiger partial charge in [-0.15, -0.1) is 0 Å². The van der Waals surface area contributed by atoms with E-state index in [0.717, 1.165) is 11.9 Å². The van der Waals surface area contributed by atoms with E-state index in [1.165, 1.54) is 17.9 Å². The van der Waals surface area contributed by atoms with Crippen molar-refractivity contribution in [1.29, 1.82) is 0 Å². The zero-order valence-corrected chi connectivity index (χ0v) is 8.44. The van der Waals surface area contributed by atoms with Gasteiger partial charge >= 0.3 is 0 Å². The second-order valence-electron chi connectivity index (χ2n) is 3.08. The predicted molar refractivity (Wildman–Crippen MR) is 52.6 cm³/mol. The molecule has 78 valence electrons. The summed E-state index contributed by atoms with van der Waals surface area (Å²) in [6, 6.07) is 3.30. The zero-order valence-electron chi connectivity index (χ0n) is 8.44. The van der Waals surface area contributed by atoms with Crippen LogP contribution in [0.25, 0.3) is 5.69 Å². The van der Waals surface area contributed by atoms with E-state index in [9.17, 15) is 4.39 Å². The molecule has 4 nitrogen and oxygen atoms in total. The number of nitrogens with zero attached hydrogens (tertiary/aromatic N) is 3. The molecule has 2 aromatic rings. The normalized spacial score (nSPS) is 10.3. The lowest BCUT2D eigenvalue weighted by Crippen LogP contribution is -2.00. The van der Waals surface area contributed by atoms with Gasteiger partial charge in [-0.1, -0.05) is 0 Å². The average molecular weight is 207 g/mol. The summed E-state index contributed by atoms with van der Waals surface area (Å²) in [6.45, 7) is 1.84. The summed E-state index contributed by atoms with van der Waals surface area (Å²) in [4.78, 5) is 3.75. The lowest BCUT2D eigenvalue weighted by Gasteiger charge is -2.04. The molecule has 0 aliphatic heterocycles. The fourth-order valence-electron chi connectivity index (χ4n) is 1.25. The summed E-state index contributed by atoms with van der Waals surface area (Å²) in [6.07, 6.45) is 2.80.